The zero-order valence-corrected chi connectivity index (χ0v) is 15.4. The molecule has 0 aliphatic rings. The Bertz CT molecular complexity index is 1230. The third-order valence-corrected chi connectivity index (χ3v) is 4.87. The Morgan fingerprint density at radius 3 is 2.73 bits per heavy atom. The van der Waals surface area contributed by atoms with Crippen LogP contribution < -0.4 is 5.56 Å². The molecule has 2 heterocycles. The minimum Gasteiger partial charge on any atom is -0.315 e. The zero-order valence-electron chi connectivity index (χ0n) is 14.6. The molecule has 0 aliphatic carbocycles. The molecule has 0 amide bonds. The molecule has 0 spiro atoms. The number of aryl methyl sites for hydroxylation is 2. The van der Waals surface area contributed by atoms with Crippen molar-refractivity contribution in [3.63, 3.8) is 0 Å². The number of hydrogen-bond acceptors (Lipinski definition) is 3. The van der Waals surface area contributed by atoms with Gasteiger partial charge in [0.1, 0.15) is 0 Å². The lowest BCUT2D eigenvalue weighted by molar-refractivity contribution is 0.725. The summed E-state index contributed by atoms with van der Waals surface area (Å²) in [6, 6.07) is 15.9. The van der Waals surface area contributed by atoms with Gasteiger partial charge in [-0.2, -0.15) is 5.10 Å². The van der Waals surface area contributed by atoms with Gasteiger partial charge in [-0.3, -0.25) is 14.5 Å². The normalized spacial score (nSPS) is 11.2. The zero-order chi connectivity index (χ0) is 18.3. The molecule has 0 unspecified atom stereocenters. The van der Waals surface area contributed by atoms with E-state index in [0.717, 1.165) is 27.6 Å². The van der Waals surface area contributed by atoms with E-state index in [9.17, 15) is 4.79 Å². The highest BCUT2D eigenvalue weighted by Gasteiger charge is 2.16. The van der Waals surface area contributed by atoms with Crippen LogP contribution in [0.15, 0.2) is 59.5 Å². The van der Waals surface area contributed by atoms with E-state index >= 15 is 0 Å². The summed E-state index contributed by atoms with van der Waals surface area (Å²) in [7, 11) is 0. The molecule has 26 heavy (non-hydrogen) atoms. The van der Waals surface area contributed by atoms with Crippen LogP contribution in [0.5, 0.6) is 0 Å². The third-order valence-electron chi connectivity index (χ3n) is 4.59. The van der Waals surface area contributed by atoms with E-state index in [1.807, 2.05) is 48.9 Å². The minimum absolute atomic E-state index is 0.0143. The predicted octanol–water partition coefficient (Wildman–Crippen LogP) is 4.24. The van der Waals surface area contributed by atoms with Crippen molar-refractivity contribution in [1.82, 2.24) is 19.3 Å². The van der Waals surface area contributed by atoms with Crippen LogP contribution in [0.3, 0.4) is 0 Å². The Morgan fingerprint density at radius 2 is 1.92 bits per heavy atom. The van der Waals surface area contributed by atoms with Crippen LogP contribution in [0.1, 0.15) is 12.5 Å². The van der Waals surface area contributed by atoms with Gasteiger partial charge >= 0.3 is 0 Å². The highest BCUT2D eigenvalue weighted by molar-refractivity contribution is 7.71. The van der Waals surface area contributed by atoms with E-state index in [-0.39, 0.29) is 5.56 Å². The molecule has 0 aliphatic heterocycles. The Labute approximate surface area is 155 Å². The summed E-state index contributed by atoms with van der Waals surface area (Å²) < 4.78 is 4.13. The first-order valence-electron chi connectivity index (χ1n) is 8.47. The van der Waals surface area contributed by atoms with Gasteiger partial charge in [-0.05, 0) is 43.1 Å². The van der Waals surface area contributed by atoms with Gasteiger partial charge in [0.15, 0.2) is 10.6 Å². The fourth-order valence-corrected chi connectivity index (χ4v) is 3.48. The lowest BCUT2D eigenvalue weighted by Crippen LogP contribution is -2.19. The Morgan fingerprint density at radius 1 is 1.15 bits per heavy atom. The van der Waals surface area contributed by atoms with E-state index in [1.165, 1.54) is 0 Å². The van der Waals surface area contributed by atoms with Gasteiger partial charge in [0.2, 0.25) is 0 Å². The number of aromatic nitrogens is 4. The molecule has 1 N–H and O–H groups in total. The van der Waals surface area contributed by atoms with Crippen molar-refractivity contribution in [3.05, 3.63) is 75.4 Å². The number of nitrogens with zero attached hydrogens (tertiary/aromatic N) is 3. The van der Waals surface area contributed by atoms with Crippen molar-refractivity contribution in [2.24, 2.45) is 0 Å². The molecule has 0 radical (unpaired) electrons. The fraction of sp³-hybridized carbons (Fsp3) is 0.150. The van der Waals surface area contributed by atoms with Crippen molar-refractivity contribution in [1.29, 1.82) is 0 Å². The number of nitrogens with one attached hydrogen (secondary N) is 1. The van der Waals surface area contributed by atoms with E-state index < -0.39 is 0 Å². The van der Waals surface area contributed by atoms with Crippen LogP contribution in [0.25, 0.3) is 27.8 Å². The van der Waals surface area contributed by atoms with E-state index in [2.05, 4.69) is 28.4 Å². The lowest BCUT2D eigenvalue weighted by atomic mass is 10.1. The molecule has 6 heteroatoms. The second kappa shape index (κ2) is 6.38. The molecule has 4 aromatic rings. The van der Waals surface area contributed by atoms with Gasteiger partial charge in [0, 0.05) is 29.8 Å². The van der Waals surface area contributed by atoms with Crippen molar-refractivity contribution >= 4 is 23.0 Å². The number of fused-ring (bicyclic) bond motifs is 1. The standard InChI is InChI=1S/C20H18N4OS/c1-3-23-12-16(13(2)11-18(23)25)19-21-22-20(26)24(19)17-10-6-8-14-7-4-5-9-15(14)17/h4-12H,3H2,1-2H3,(H,22,26). The van der Waals surface area contributed by atoms with Crippen molar-refractivity contribution in [2.75, 3.05) is 0 Å². The van der Waals surface area contributed by atoms with Gasteiger partial charge in [-0.15, -0.1) is 0 Å². The fourth-order valence-electron chi connectivity index (χ4n) is 3.25. The average Bonchev–Trinajstić information content (AvgIpc) is 3.02. The monoisotopic (exact) mass is 362 g/mol. The molecular weight excluding hydrogens is 344 g/mol. The van der Waals surface area contributed by atoms with Crippen LogP contribution in [0, 0.1) is 11.7 Å². The summed E-state index contributed by atoms with van der Waals surface area (Å²) in [6.07, 6.45) is 1.85. The summed E-state index contributed by atoms with van der Waals surface area (Å²) in [5, 5.41) is 9.60. The van der Waals surface area contributed by atoms with E-state index in [1.54, 1.807) is 10.6 Å². The quantitative estimate of drug-likeness (QED) is 0.555. The molecule has 0 atom stereocenters. The van der Waals surface area contributed by atoms with Crippen molar-refractivity contribution < 1.29 is 0 Å². The third kappa shape index (κ3) is 2.59. The van der Waals surface area contributed by atoms with Gasteiger partial charge < -0.3 is 4.57 Å². The van der Waals surface area contributed by atoms with Crippen molar-refractivity contribution in [3.8, 4) is 17.1 Å². The largest absolute Gasteiger partial charge is 0.315 e. The van der Waals surface area contributed by atoms with E-state index in [4.69, 9.17) is 12.2 Å². The summed E-state index contributed by atoms with van der Waals surface area (Å²) in [5.74, 6) is 0.700. The highest BCUT2D eigenvalue weighted by Crippen LogP contribution is 2.28. The number of rotatable bonds is 3. The predicted molar refractivity (Wildman–Crippen MR) is 106 cm³/mol. The number of H-pyrrole nitrogens is 1. The number of benzene rings is 2. The first-order chi connectivity index (χ1) is 12.6. The number of aromatic amines is 1. The van der Waals surface area contributed by atoms with Crippen LogP contribution in [0.4, 0.5) is 0 Å². The van der Waals surface area contributed by atoms with Gasteiger partial charge in [0.25, 0.3) is 5.56 Å². The van der Waals surface area contributed by atoms with Crippen LogP contribution in [-0.4, -0.2) is 19.3 Å². The van der Waals surface area contributed by atoms with Gasteiger partial charge in [0.05, 0.1) is 5.69 Å². The minimum atomic E-state index is -0.0143. The molecule has 0 fully saturated rings. The highest BCUT2D eigenvalue weighted by atomic mass is 32.1. The SMILES string of the molecule is CCn1cc(-c2n[nH]c(=S)n2-c2cccc3ccccc23)c(C)cc1=O. The Kier molecular flexibility index (Phi) is 4.05. The van der Waals surface area contributed by atoms with Crippen LogP contribution >= 0.6 is 12.2 Å². The van der Waals surface area contributed by atoms with Gasteiger partial charge in [-0.25, -0.2) is 0 Å². The second-order valence-electron chi connectivity index (χ2n) is 6.18. The van der Waals surface area contributed by atoms with E-state index in [0.29, 0.717) is 17.1 Å². The second-order valence-corrected chi connectivity index (χ2v) is 6.57. The first-order valence-corrected chi connectivity index (χ1v) is 8.88. The van der Waals surface area contributed by atoms with Crippen LogP contribution in [-0.2, 0) is 6.54 Å². The topological polar surface area (TPSA) is 55.6 Å². The van der Waals surface area contributed by atoms with Crippen LogP contribution in [0.2, 0.25) is 0 Å². The van der Waals surface area contributed by atoms with Crippen molar-refractivity contribution in [2.45, 2.75) is 20.4 Å². The molecule has 4 rings (SSSR count). The molecule has 0 saturated carbocycles. The first kappa shape index (κ1) is 16.5. The maximum Gasteiger partial charge on any atom is 0.250 e. The summed E-state index contributed by atoms with van der Waals surface area (Å²) >= 11 is 5.52. The number of pyridine rings is 1. The average molecular weight is 362 g/mol. The lowest BCUT2D eigenvalue weighted by Gasteiger charge is -2.13. The number of hydrogen-bond donors (Lipinski definition) is 1. The molecule has 130 valence electrons. The molecule has 2 aromatic heterocycles. The van der Waals surface area contributed by atoms with Gasteiger partial charge in [-0.1, -0.05) is 36.4 Å². The summed E-state index contributed by atoms with van der Waals surface area (Å²) in [6.45, 7) is 4.47. The molecule has 0 saturated heterocycles. The molecule has 0 bridgehead atoms. The maximum absolute atomic E-state index is 12.1. The molecule has 2 aromatic carbocycles. The summed E-state index contributed by atoms with van der Waals surface area (Å²) in [4.78, 5) is 12.1. The smallest absolute Gasteiger partial charge is 0.250 e. The molecular formula is C20H18N4OS. The Balaban J connectivity index is 2.04. The maximum atomic E-state index is 12.1. The molecule has 5 nitrogen and oxygen atoms in total. The summed E-state index contributed by atoms with van der Waals surface area (Å²) in [5.41, 5.74) is 2.70. The Hall–Kier alpha value is -2.99.